The van der Waals surface area contributed by atoms with Gasteiger partial charge in [-0.15, -0.1) is 0 Å². The van der Waals surface area contributed by atoms with E-state index in [4.69, 9.17) is 4.74 Å². The Kier molecular flexibility index (Phi) is 3.87. The van der Waals surface area contributed by atoms with Crippen molar-refractivity contribution >= 4 is 7.80 Å². The van der Waals surface area contributed by atoms with Crippen molar-refractivity contribution in [3.63, 3.8) is 0 Å². The summed E-state index contributed by atoms with van der Waals surface area (Å²) in [4.78, 5) is 0. The molecule has 0 fully saturated rings. The number of hydrogen-bond donors (Lipinski definition) is 0. The lowest BCUT2D eigenvalue weighted by Gasteiger charge is -2.22. The standard InChI is InChI=1S/C9H20O2P/c1-8(2,3)7-11-9(4,5)12(6)10/h7H2,1-6H3/q+1. The largest absolute Gasteiger partial charge is 0.369 e. The van der Waals surface area contributed by atoms with Crippen molar-refractivity contribution in [3.05, 3.63) is 0 Å². The molecule has 0 bridgehead atoms. The minimum atomic E-state index is -1.27. The molecular formula is C9H20O2P+. The summed E-state index contributed by atoms with van der Waals surface area (Å²) in [7, 11) is -1.27. The van der Waals surface area contributed by atoms with Gasteiger partial charge in [0.2, 0.25) is 0 Å². The summed E-state index contributed by atoms with van der Waals surface area (Å²) in [6, 6.07) is 0. The smallest absolute Gasteiger partial charge is 0.333 e. The van der Waals surface area contributed by atoms with E-state index in [9.17, 15) is 4.57 Å². The molecule has 0 rings (SSSR count). The summed E-state index contributed by atoms with van der Waals surface area (Å²) in [5.74, 6) is 0. The van der Waals surface area contributed by atoms with E-state index in [0.29, 0.717) is 6.61 Å². The van der Waals surface area contributed by atoms with Gasteiger partial charge in [-0.25, -0.2) is 0 Å². The molecule has 0 aliphatic rings. The van der Waals surface area contributed by atoms with Crippen molar-refractivity contribution in [1.29, 1.82) is 0 Å². The zero-order chi connectivity index (χ0) is 9.99. The van der Waals surface area contributed by atoms with E-state index in [1.165, 1.54) is 0 Å². The summed E-state index contributed by atoms with van der Waals surface area (Å²) in [6.07, 6.45) is 0. The van der Waals surface area contributed by atoms with Crippen LogP contribution in [0.4, 0.5) is 0 Å². The third kappa shape index (κ3) is 4.84. The van der Waals surface area contributed by atoms with E-state index in [1.54, 1.807) is 6.66 Å². The predicted molar refractivity (Wildman–Crippen MR) is 53.0 cm³/mol. The Morgan fingerprint density at radius 3 is 1.83 bits per heavy atom. The van der Waals surface area contributed by atoms with Gasteiger partial charge in [0.05, 0.1) is 6.61 Å². The van der Waals surface area contributed by atoms with Crippen LogP contribution in [0.5, 0.6) is 0 Å². The van der Waals surface area contributed by atoms with Crippen LogP contribution in [-0.2, 0) is 9.30 Å². The van der Waals surface area contributed by atoms with Gasteiger partial charge >= 0.3 is 7.80 Å². The van der Waals surface area contributed by atoms with Gasteiger partial charge in [-0.05, 0) is 5.41 Å². The molecule has 0 N–H and O–H groups in total. The zero-order valence-corrected chi connectivity index (χ0v) is 9.87. The highest BCUT2D eigenvalue weighted by Gasteiger charge is 2.37. The first-order valence-electron chi connectivity index (χ1n) is 4.20. The first-order valence-corrected chi connectivity index (χ1v) is 5.91. The summed E-state index contributed by atoms with van der Waals surface area (Å²) < 4.78 is 16.8. The molecule has 0 saturated heterocycles. The fourth-order valence-electron chi connectivity index (χ4n) is 0.484. The van der Waals surface area contributed by atoms with Gasteiger partial charge in [-0.1, -0.05) is 25.3 Å². The molecule has 2 nitrogen and oxygen atoms in total. The monoisotopic (exact) mass is 191 g/mol. The van der Waals surface area contributed by atoms with Crippen LogP contribution in [0, 0.1) is 5.41 Å². The van der Waals surface area contributed by atoms with E-state index < -0.39 is 13.1 Å². The quantitative estimate of drug-likeness (QED) is 0.640. The van der Waals surface area contributed by atoms with E-state index in [2.05, 4.69) is 20.8 Å². The van der Waals surface area contributed by atoms with Gasteiger partial charge in [0.25, 0.3) is 5.34 Å². The zero-order valence-electron chi connectivity index (χ0n) is 8.97. The van der Waals surface area contributed by atoms with E-state index in [0.717, 1.165) is 0 Å². The van der Waals surface area contributed by atoms with Crippen molar-refractivity contribution in [2.24, 2.45) is 5.41 Å². The number of hydrogen-bond acceptors (Lipinski definition) is 2. The number of rotatable bonds is 3. The van der Waals surface area contributed by atoms with Gasteiger partial charge < -0.3 is 4.74 Å². The van der Waals surface area contributed by atoms with Crippen LogP contribution in [0.1, 0.15) is 34.6 Å². The molecule has 0 saturated carbocycles. The van der Waals surface area contributed by atoms with Crippen LogP contribution in [-0.4, -0.2) is 18.6 Å². The van der Waals surface area contributed by atoms with Crippen molar-refractivity contribution in [3.8, 4) is 0 Å². The molecule has 0 radical (unpaired) electrons. The van der Waals surface area contributed by atoms with Crippen LogP contribution in [0.2, 0.25) is 0 Å². The molecule has 0 aromatic rings. The second-order valence-corrected chi connectivity index (χ2v) is 6.87. The highest BCUT2D eigenvalue weighted by molar-refractivity contribution is 7.45. The van der Waals surface area contributed by atoms with Crippen molar-refractivity contribution in [1.82, 2.24) is 0 Å². The summed E-state index contributed by atoms with van der Waals surface area (Å²) >= 11 is 0. The molecule has 0 amide bonds. The maximum Gasteiger partial charge on any atom is 0.369 e. The van der Waals surface area contributed by atoms with Crippen LogP contribution < -0.4 is 0 Å². The molecule has 0 spiro atoms. The molecule has 3 heteroatoms. The Balaban J connectivity index is 4.01. The Morgan fingerprint density at radius 2 is 1.58 bits per heavy atom. The normalized spacial score (nSPS) is 14.7. The fraction of sp³-hybridized carbons (Fsp3) is 1.00. The van der Waals surface area contributed by atoms with Crippen LogP contribution >= 0.6 is 7.80 Å². The minimum absolute atomic E-state index is 0.141. The lowest BCUT2D eigenvalue weighted by atomic mass is 9.99. The first-order chi connectivity index (χ1) is 5.15. The third-order valence-electron chi connectivity index (χ3n) is 1.62. The van der Waals surface area contributed by atoms with Gasteiger partial charge in [0.1, 0.15) is 6.66 Å². The molecule has 12 heavy (non-hydrogen) atoms. The Hall–Kier alpha value is 0.0600. The topological polar surface area (TPSA) is 26.3 Å². The van der Waals surface area contributed by atoms with Gasteiger partial charge in [-0.2, -0.15) is 0 Å². The summed E-state index contributed by atoms with van der Waals surface area (Å²) in [5.41, 5.74) is 0.141. The van der Waals surface area contributed by atoms with E-state index in [1.807, 2.05) is 13.8 Å². The van der Waals surface area contributed by atoms with Crippen LogP contribution in [0.3, 0.4) is 0 Å². The van der Waals surface area contributed by atoms with E-state index in [-0.39, 0.29) is 5.41 Å². The molecule has 0 aliphatic carbocycles. The molecule has 0 aliphatic heterocycles. The molecule has 0 heterocycles. The Bertz CT molecular complexity index is 168. The number of ether oxygens (including phenoxy) is 1. The molecular weight excluding hydrogens is 171 g/mol. The molecule has 0 aromatic heterocycles. The highest BCUT2D eigenvalue weighted by Crippen LogP contribution is 2.36. The molecule has 1 atom stereocenters. The predicted octanol–water partition coefficient (Wildman–Crippen LogP) is 3.24. The molecule has 0 aromatic carbocycles. The second-order valence-electron chi connectivity index (χ2n) is 4.79. The van der Waals surface area contributed by atoms with Crippen LogP contribution in [0.25, 0.3) is 0 Å². The summed E-state index contributed by atoms with van der Waals surface area (Å²) in [5, 5.41) is -0.484. The molecule has 1 unspecified atom stereocenters. The van der Waals surface area contributed by atoms with Crippen molar-refractivity contribution in [2.45, 2.75) is 40.0 Å². The Morgan fingerprint density at radius 1 is 1.17 bits per heavy atom. The molecule has 72 valence electrons. The third-order valence-corrected chi connectivity index (χ3v) is 3.26. The Labute approximate surface area is 76.5 Å². The lowest BCUT2D eigenvalue weighted by molar-refractivity contribution is 0.00204. The SMILES string of the molecule is C[P+](=O)C(C)(C)OCC(C)(C)C. The maximum atomic E-state index is 11.2. The lowest BCUT2D eigenvalue weighted by Crippen LogP contribution is -2.26. The van der Waals surface area contributed by atoms with Gasteiger partial charge in [0.15, 0.2) is 0 Å². The average Bonchev–Trinajstić information content (AvgIpc) is 1.82. The van der Waals surface area contributed by atoms with E-state index >= 15 is 0 Å². The summed E-state index contributed by atoms with van der Waals surface area (Å²) in [6.45, 7) is 12.4. The van der Waals surface area contributed by atoms with Gasteiger partial charge in [0, 0.05) is 13.8 Å². The van der Waals surface area contributed by atoms with Crippen molar-refractivity contribution < 1.29 is 9.30 Å². The van der Waals surface area contributed by atoms with Crippen molar-refractivity contribution in [2.75, 3.05) is 13.3 Å². The highest BCUT2D eigenvalue weighted by atomic mass is 31.1. The first kappa shape index (κ1) is 12.1. The average molecular weight is 191 g/mol. The second kappa shape index (κ2) is 3.85. The fourth-order valence-corrected chi connectivity index (χ4v) is 0.730. The van der Waals surface area contributed by atoms with Gasteiger partial charge in [-0.3, -0.25) is 0 Å². The maximum absolute atomic E-state index is 11.2. The van der Waals surface area contributed by atoms with Crippen LogP contribution in [0.15, 0.2) is 0 Å². The minimum Gasteiger partial charge on any atom is -0.333 e.